The molecule has 1 heterocycles. The van der Waals surface area contributed by atoms with Crippen molar-refractivity contribution in [1.82, 2.24) is 10.2 Å². The van der Waals surface area contributed by atoms with E-state index in [4.69, 9.17) is 5.73 Å². The maximum Gasteiger partial charge on any atom is 0.394 e. The number of nitrogens with one attached hydrogen (secondary N) is 1. The lowest BCUT2D eigenvalue weighted by Gasteiger charge is -2.24. The smallest absolute Gasteiger partial charge is 0.330 e. The number of nitrogens with two attached hydrogens (primary N) is 1. The Bertz CT molecular complexity index is 391. The van der Waals surface area contributed by atoms with Gasteiger partial charge >= 0.3 is 12.2 Å². The lowest BCUT2D eigenvalue weighted by atomic mass is 9.97. The number of urea groups is 1. The lowest BCUT2D eigenvalue weighted by Crippen LogP contribution is -2.46. The minimum atomic E-state index is -4.51. The Hall–Kier alpha value is -1.31. The van der Waals surface area contributed by atoms with E-state index in [0.717, 1.165) is 12.8 Å². The molecule has 1 saturated heterocycles. The lowest BCUT2D eigenvalue weighted by molar-refractivity contribution is -0.175. The van der Waals surface area contributed by atoms with Gasteiger partial charge in [-0.1, -0.05) is 12.8 Å². The Morgan fingerprint density at radius 2 is 1.89 bits per heavy atom. The van der Waals surface area contributed by atoms with Gasteiger partial charge in [0.15, 0.2) is 0 Å². The highest BCUT2D eigenvalue weighted by Crippen LogP contribution is 2.36. The normalized spacial score (nSPS) is 24.1. The Balaban J connectivity index is 2.13. The molecule has 1 spiro atoms. The quantitative estimate of drug-likeness (QED) is 0.756. The molecule has 2 rings (SSSR count). The molecule has 19 heavy (non-hydrogen) atoms. The van der Waals surface area contributed by atoms with Crippen molar-refractivity contribution >= 4 is 11.9 Å². The van der Waals surface area contributed by atoms with Crippen LogP contribution in [0.2, 0.25) is 0 Å². The molecule has 0 bridgehead atoms. The number of carbonyl (C=O) groups is 2. The third-order valence-electron chi connectivity index (χ3n) is 3.85. The highest BCUT2D eigenvalue weighted by Gasteiger charge is 2.54. The molecule has 1 aliphatic carbocycles. The molecule has 0 aromatic heterocycles. The van der Waals surface area contributed by atoms with Gasteiger partial charge in [0.1, 0.15) is 5.54 Å². The second-order valence-corrected chi connectivity index (χ2v) is 5.11. The van der Waals surface area contributed by atoms with Crippen molar-refractivity contribution in [2.24, 2.45) is 11.7 Å². The topological polar surface area (TPSA) is 75.4 Å². The van der Waals surface area contributed by atoms with Gasteiger partial charge in [-0.05, 0) is 12.8 Å². The monoisotopic (exact) mass is 279 g/mol. The number of halogens is 3. The Labute approximate surface area is 108 Å². The largest absolute Gasteiger partial charge is 0.394 e. The maximum atomic E-state index is 12.6. The predicted octanol–water partition coefficient (Wildman–Crippen LogP) is 0.988. The number of nitrogens with zero attached hydrogens (tertiary/aromatic N) is 1. The van der Waals surface area contributed by atoms with Gasteiger partial charge in [-0.15, -0.1) is 0 Å². The number of amides is 3. The van der Waals surface area contributed by atoms with E-state index in [1.165, 1.54) is 0 Å². The Morgan fingerprint density at radius 3 is 2.37 bits per heavy atom. The molecule has 0 aromatic carbocycles. The van der Waals surface area contributed by atoms with Crippen molar-refractivity contribution in [2.45, 2.75) is 37.4 Å². The van der Waals surface area contributed by atoms with Crippen molar-refractivity contribution in [3.63, 3.8) is 0 Å². The second-order valence-electron chi connectivity index (χ2n) is 5.11. The molecule has 3 amide bonds. The van der Waals surface area contributed by atoms with Gasteiger partial charge in [0.2, 0.25) is 0 Å². The van der Waals surface area contributed by atoms with Gasteiger partial charge in [0, 0.05) is 13.1 Å². The number of imide groups is 1. The van der Waals surface area contributed by atoms with Crippen LogP contribution in [0.5, 0.6) is 0 Å². The van der Waals surface area contributed by atoms with Crippen LogP contribution in [-0.2, 0) is 4.79 Å². The van der Waals surface area contributed by atoms with Crippen LogP contribution >= 0.6 is 0 Å². The van der Waals surface area contributed by atoms with Crippen LogP contribution in [0.1, 0.15) is 25.7 Å². The molecule has 1 unspecified atom stereocenters. The average Bonchev–Trinajstić information content (AvgIpc) is 2.84. The van der Waals surface area contributed by atoms with Gasteiger partial charge < -0.3 is 11.1 Å². The van der Waals surface area contributed by atoms with Gasteiger partial charge in [-0.3, -0.25) is 9.69 Å². The summed E-state index contributed by atoms with van der Waals surface area (Å²) in [6.45, 7) is -1.35. The van der Waals surface area contributed by atoms with Crippen LogP contribution < -0.4 is 11.1 Å². The molecular formula is C11H16F3N3O2. The molecule has 1 atom stereocenters. The molecule has 108 valence electrons. The first kappa shape index (κ1) is 14.1. The standard InChI is InChI=1S/C11H16F3N3O2/c12-11(13,14)7(5-15)6-17-8(18)10(16-9(17)19)3-1-2-4-10/h7H,1-6,15H2,(H,16,19). The molecule has 2 fully saturated rings. The molecule has 5 nitrogen and oxygen atoms in total. The van der Waals surface area contributed by atoms with Crippen molar-refractivity contribution in [3.8, 4) is 0 Å². The van der Waals surface area contributed by atoms with Gasteiger partial charge in [-0.2, -0.15) is 13.2 Å². The van der Waals surface area contributed by atoms with Gasteiger partial charge in [0.25, 0.3) is 5.91 Å². The molecule has 1 saturated carbocycles. The molecule has 0 aromatic rings. The summed E-state index contributed by atoms with van der Waals surface area (Å²) < 4.78 is 37.9. The first-order chi connectivity index (χ1) is 8.80. The summed E-state index contributed by atoms with van der Waals surface area (Å²) in [4.78, 5) is 24.5. The molecule has 3 N–H and O–H groups in total. The van der Waals surface area contributed by atoms with Crippen molar-refractivity contribution < 1.29 is 22.8 Å². The summed E-state index contributed by atoms with van der Waals surface area (Å²) in [6.07, 6.45) is -1.94. The van der Waals surface area contributed by atoms with E-state index in [1.54, 1.807) is 0 Å². The third kappa shape index (κ3) is 2.41. The van der Waals surface area contributed by atoms with Crippen molar-refractivity contribution in [1.29, 1.82) is 0 Å². The van der Waals surface area contributed by atoms with E-state index in [-0.39, 0.29) is 0 Å². The summed E-state index contributed by atoms with van der Waals surface area (Å²) in [5, 5.41) is 2.54. The van der Waals surface area contributed by atoms with Crippen molar-refractivity contribution in [2.75, 3.05) is 13.1 Å². The van der Waals surface area contributed by atoms with Crippen LogP contribution in [0.25, 0.3) is 0 Å². The van der Waals surface area contributed by atoms with Gasteiger partial charge in [0.05, 0.1) is 5.92 Å². The fourth-order valence-corrected chi connectivity index (χ4v) is 2.69. The van der Waals surface area contributed by atoms with Gasteiger partial charge in [-0.25, -0.2) is 4.79 Å². The Morgan fingerprint density at radius 1 is 1.32 bits per heavy atom. The first-order valence-corrected chi connectivity index (χ1v) is 6.21. The van der Waals surface area contributed by atoms with E-state index in [9.17, 15) is 22.8 Å². The minimum Gasteiger partial charge on any atom is -0.330 e. The summed E-state index contributed by atoms with van der Waals surface area (Å²) in [5.74, 6) is -2.42. The summed E-state index contributed by atoms with van der Waals surface area (Å²) >= 11 is 0. The number of hydrogen-bond acceptors (Lipinski definition) is 3. The summed E-state index contributed by atoms with van der Waals surface area (Å²) in [7, 11) is 0. The number of carbonyl (C=O) groups excluding carboxylic acids is 2. The number of hydrogen-bond donors (Lipinski definition) is 2. The van der Waals surface area contributed by atoms with Crippen LogP contribution in [0, 0.1) is 5.92 Å². The highest BCUT2D eigenvalue weighted by molar-refractivity contribution is 6.07. The fraction of sp³-hybridized carbons (Fsp3) is 0.818. The number of alkyl halides is 3. The molecule has 0 radical (unpaired) electrons. The van der Waals surface area contributed by atoms with Crippen LogP contribution in [0.4, 0.5) is 18.0 Å². The molecule has 1 aliphatic heterocycles. The van der Waals surface area contributed by atoms with Crippen LogP contribution in [0.15, 0.2) is 0 Å². The van der Waals surface area contributed by atoms with E-state index >= 15 is 0 Å². The minimum absolute atomic E-state index is 0.493. The number of rotatable bonds is 3. The second kappa shape index (κ2) is 4.66. The predicted molar refractivity (Wildman–Crippen MR) is 60.0 cm³/mol. The zero-order valence-electron chi connectivity index (χ0n) is 10.3. The average molecular weight is 279 g/mol. The van der Waals surface area contributed by atoms with E-state index < -0.39 is 42.7 Å². The van der Waals surface area contributed by atoms with E-state index in [1.807, 2.05) is 0 Å². The summed E-state index contributed by atoms with van der Waals surface area (Å²) in [5.41, 5.74) is 4.11. The maximum absolute atomic E-state index is 12.6. The first-order valence-electron chi connectivity index (χ1n) is 6.21. The zero-order valence-corrected chi connectivity index (χ0v) is 10.3. The van der Waals surface area contributed by atoms with Crippen LogP contribution in [0.3, 0.4) is 0 Å². The zero-order chi connectivity index (χ0) is 14.3. The van der Waals surface area contributed by atoms with Crippen molar-refractivity contribution in [3.05, 3.63) is 0 Å². The summed E-state index contributed by atoms with van der Waals surface area (Å²) in [6, 6.07) is -0.741. The van der Waals surface area contributed by atoms with E-state index in [0.29, 0.717) is 17.7 Å². The highest BCUT2D eigenvalue weighted by atomic mass is 19.4. The van der Waals surface area contributed by atoms with E-state index in [2.05, 4.69) is 5.32 Å². The molecule has 8 heteroatoms. The SMILES string of the molecule is NCC(CN1C(=O)NC2(CCCC2)C1=O)C(F)(F)F. The van der Waals surface area contributed by atoms with Crippen LogP contribution in [-0.4, -0.2) is 41.6 Å². The molecule has 2 aliphatic rings. The molecular weight excluding hydrogens is 263 g/mol. The fourth-order valence-electron chi connectivity index (χ4n) is 2.69. The Kier molecular flexibility index (Phi) is 3.46. The third-order valence-corrected chi connectivity index (χ3v) is 3.85.